The molecule has 1 atom stereocenters. The van der Waals surface area contributed by atoms with Crippen molar-refractivity contribution in [1.82, 2.24) is 14.9 Å². The van der Waals surface area contributed by atoms with Gasteiger partial charge in [-0.15, -0.1) is 0 Å². The van der Waals surface area contributed by atoms with Crippen molar-refractivity contribution < 1.29 is 9.53 Å². The molecular formula is C17H20N4O2. The maximum absolute atomic E-state index is 12.5. The van der Waals surface area contributed by atoms with Crippen LogP contribution in [0.15, 0.2) is 42.7 Å². The molecule has 0 unspecified atom stereocenters. The number of likely N-dealkylation sites (tertiary alicyclic amines) is 1. The lowest BCUT2D eigenvalue weighted by atomic mass is 10.1. The fourth-order valence-electron chi connectivity index (χ4n) is 2.78. The molecule has 0 spiro atoms. The van der Waals surface area contributed by atoms with Crippen LogP contribution in [0.4, 0.5) is 5.82 Å². The largest absolute Gasteiger partial charge is 0.484 e. The molecule has 6 heteroatoms. The predicted octanol–water partition coefficient (Wildman–Crippen LogP) is 2.26. The van der Waals surface area contributed by atoms with E-state index < -0.39 is 0 Å². The number of hydrogen-bond donors (Lipinski definition) is 1. The second-order valence-corrected chi connectivity index (χ2v) is 5.43. The van der Waals surface area contributed by atoms with Crippen molar-refractivity contribution in [3.05, 3.63) is 48.4 Å². The standard InChI is InChI=1S/C17H20N4O2/c1-18-16-11-19-10-14(20-16)15-8-5-9-21(15)17(22)12-23-13-6-3-2-4-7-13/h2-4,6-7,10-11,15H,5,8-9,12H2,1H3,(H,18,20)/t15-/m1/s1. The third-order valence-corrected chi connectivity index (χ3v) is 3.93. The van der Waals surface area contributed by atoms with Crippen molar-refractivity contribution in [2.45, 2.75) is 18.9 Å². The number of hydrogen-bond acceptors (Lipinski definition) is 5. The van der Waals surface area contributed by atoms with E-state index in [1.165, 1.54) is 0 Å². The molecule has 2 heterocycles. The van der Waals surface area contributed by atoms with Crippen molar-refractivity contribution in [2.75, 3.05) is 25.5 Å². The average Bonchev–Trinajstić information content (AvgIpc) is 3.10. The summed E-state index contributed by atoms with van der Waals surface area (Å²) in [5, 5.41) is 2.98. The van der Waals surface area contributed by atoms with Crippen LogP contribution in [0.25, 0.3) is 0 Å². The van der Waals surface area contributed by atoms with Gasteiger partial charge in [-0.05, 0) is 25.0 Å². The van der Waals surface area contributed by atoms with E-state index in [0.717, 1.165) is 25.1 Å². The highest BCUT2D eigenvalue weighted by Gasteiger charge is 2.31. The van der Waals surface area contributed by atoms with Gasteiger partial charge in [-0.1, -0.05) is 18.2 Å². The smallest absolute Gasteiger partial charge is 0.261 e. The van der Waals surface area contributed by atoms with Crippen LogP contribution < -0.4 is 10.1 Å². The van der Waals surface area contributed by atoms with Crippen LogP contribution in [0.1, 0.15) is 24.6 Å². The van der Waals surface area contributed by atoms with Crippen molar-refractivity contribution in [2.24, 2.45) is 0 Å². The zero-order valence-corrected chi connectivity index (χ0v) is 13.1. The summed E-state index contributed by atoms with van der Waals surface area (Å²) in [7, 11) is 1.80. The Balaban J connectivity index is 1.67. The molecule has 23 heavy (non-hydrogen) atoms. The number of ether oxygens (including phenoxy) is 1. The number of benzene rings is 1. The average molecular weight is 312 g/mol. The van der Waals surface area contributed by atoms with Gasteiger partial charge in [0, 0.05) is 13.6 Å². The van der Waals surface area contributed by atoms with Gasteiger partial charge in [-0.3, -0.25) is 9.78 Å². The number of para-hydroxylation sites is 1. The summed E-state index contributed by atoms with van der Waals surface area (Å²) in [6.07, 6.45) is 5.27. The monoisotopic (exact) mass is 312 g/mol. The van der Waals surface area contributed by atoms with Crippen LogP contribution in [-0.2, 0) is 4.79 Å². The molecule has 1 aromatic carbocycles. The molecule has 0 saturated carbocycles. The zero-order chi connectivity index (χ0) is 16.1. The van der Waals surface area contributed by atoms with E-state index in [9.17, 15) is 4.79 Å². The van der Waals surface area contributed by atoms with E-state index in [4.69, 9.17) is 4.74 Å². The number of aromatic nitrogens is 2. The van der Waals surface area contributed by atoms with Gasteiger partial charge in [0.25, 0.3) is 5.91 Å². The number of carbonyl (C=O) groups excluding carboxylic acids is 1. The summed E-state index contributed by atoms with van der Waals surface area (Å²) in [6, 6.07) is 9.35. The van der Waals surface area contributed by atoms with Gasteiger partial charge in [0.1, 0.15) is 11.6 Å². The third-order valence-electron chi connectivity index (χ3n) is 3.93. The molecule has 120 valence electrons. The molecule has 6 nitrogen and oxygen atoms in total. The minimum atomic E-state index is -0.0253. The van der Waals surface area contributed by atoms with E-state index >= 15 is 0 Å². The van der Waals surface area contributed by atoms with E-state index in [1.54, 1.807) is 19.4 Å². The highest BCUT2D eigenvalue weighted by Crippen LogP contribution is 2.31. The molecule has 1 aliphatic heterocycles. The minimum absolute atomic E-state index is 0.0204. The second kappa shape index (κ2) is 7.09. The fourth-order valence-corrected chi connectivity index (χ4v) is 2.78. The van der Waals surface area contributed by atoms with E-state index in [1.807, 2.05) is 35.2 Å². The molecule has 3 rings (SSSR count). The molecule has 1 N–H and O–H groups in total. The summed E-state index contributed by atoms with van der Waals surface area (Å²) in [5.74, 6) is 1.39. The highest BCUT2D eigenvalue weighted by atomic mass is 16.5. The lowest BCUT2D eigenvalue weighted by Gasteiger charge is -2.24. The zero-order valence-electron chi connectivity index (χ0n) is 13.1. The van der Waals surface area contributed by atoms with Crippen LogP contribution in [0.5, 0.6) is 5.75 Å². The lowest BCUT2D eigenvalue weighted by molar-refractivity contribution is -0.134. The number of nitrogens with zero attached hydrogens (tertiary/aromatic N) is 3. The van der Waals surface area contributed by atoms with Crippen LogP contribution in [-0.4, -0.2) is 41.0 Å². The van der Waals surface area contributed by atoms with Crippen molar-refractivity contribution in [3.8, 4) is 5.75 Å². The van der Waals surface area contributed by atoms with Crippen LogP contribution in [0.3, 0.4) is 0 Å². The number of rotatable bonds is 5. The Morgan fingerprint density at radius 3 is 2.96 bits per heavy atom. The molecule has 1 aliphatic rings. The molecule has 1 fully saturated rings. The molecular weight excluding hydrogens is 292 g/mol. The summed E-state index contributed by atoms with van der Waals surface area (Å²) < 4.78 is 5.57. The minimum Gasteiger partial charge on any atom is -0.484 e. The number of nitrogens with one attached hydrogen (secondary N) is 1. The topological polar surface area (TPSA) is 67.4 Å². The summed E-state index contributed by atoms with van der Waals surface area (Å²) >= 11 is 0. The Kier molecular flexibility index (Phi) is 4.71. The second-order valence-electron chi connectivity index (χ2n) is 5.43. The van der Waals surface area contributed by atoms with E-state index in [0.29, 0.717) is 11.6 Å². The molecule has 2 aromatic rings. The van der Waals surface area contributed by atoms with Crippen LogP contribution in [0.2, 0.25) is 0 Å². The summed E-state index contributed by atoms with van der Waals surface area (Å²) in [6.45, 7) is 0.771. The van der Waals surface area contributed by atoms with Crippen LogP contribution >= 0.6 is 0 Å². The van der Waals surface area contributed by atoms with E-state index in [2.05, 4.69) is 15.3 Å². The van der Waals surface area contributed by atoms with Crippen molar-refractivity contribution >= 4 is 11.7 Å². The Morgan fingerprint density at radius 2 is 2.17 bits per heavy atom. The number of carbonyl (C=O) groups is 1. The first kappa shape index (κ1) is 15.3. The summed E-state index contributed by atoms with van der Waals surface area (Å²) in [4.78, 5) is 23.0. The lowest BCUT2D eigenvalue weighted by Crippen LogP contribution is -2.34. The molecule has 1 amide bonds. The Morgan fingerprint density at radius 1 is 1.35 bits per heavy atom. The number of amides is 1. The maximum atomic E-state index is 12.5. The van der Waals surface area contributed by atoms with Gasteiger partial charge in [-0.25, -0.2) is 4.98 Å². The van der Waals surface area contributed by atoms with Gasteiger partial charge in [0.2, 0.25) is 0 Å². The predicted molar refractivity (Wildman–Crippen MR) is 87.2 cm³/mol. The molecule has 0 bridgehead atoms. The van der Waals surface area contributed by atoms with Gasteiger partial charge < -0.3 is 15.0 Å². The highest BCUT2D eigenvalue weighted by molar-refractivity contribution is 5.78. The first-order valence-corrected chi connectivity index (χ1v) is 7.75. The fraction of sp³-hybridized carbons (Fsp3) is 0.353. The first-order valence-electron chi connectivity index (χ1n) is 7.75. The normalized spacial score (nSPS) is 17.1. The van der Waals surface area contributed by atoms with E-state index in [-0.39, 0.29) is 18.6 Å². The maximum Gasteiger partial charge on any atom is 0.261 e. The molecule has 0 radical (unpaired) electrons. The molecule has 1 aromatic heterocycles. The van der Waals surface area contributed by atoms with Gasteiger partial charge >= 0.3 is 0 Å². The SMILES string of the molecule is CNc1cncc([C@H]2CCCN2C(=O)COc2ccccc2)n1. The first-order chi connectivity index (χ1) is 11.3. The Bertz CT molecular complexity index is 663. The third kappa shape index (κ3) is 3.59. The van der Waals surface area contributed by atoms with Crippen LogP contribution in [0, 0.1) is 0 Å². The van der Waals surface area contributed by atoms with Gasteiger partial charge in [0.15, 0.2) is 6.61 Å². The number of anilines is 1. The Labute approximate surface area is 135 Å². The van der Waals surface area contributed by atoms with Crippen molar-refractivity contribution in [1.29, 1.82) is 0 Å². The summed E-state index contributed by atoms with van der Waals surface area (Å²) in [5.41, 5.74) is 0.822. The molecule has 1 saturated heterocycles. The molecule has 0 aliphatic carbocycles. The van der Waals surface area contributed by atoms with Crippen molar-refractivity contribution in [3.63, 3.8) is 0 Å². The van der Waals surface area contributed by atoms with Gasteiger partial charge in [0.05, 0.1) is 24.1 Å². The van der Waals surface area contributed by atoms with Gasteiger partial charge in [-0.2, -0.15) is 0 Å². The Hall–Kier alpha value is -2.63. The quantitative estimate of drug-likeness (QED) is 0.917.